The molecule has 282 valence electrons. The Morgan fingerprint density at radius 2 is 0.883 bits per heavy atom. The molecule has 60 heavy (non-hydrogen) atoms. The average molecular weight is 766 g/mol. The lowest BCUT2D eigenvalue weighted by Crippen LogP contribution is -2.14. The summed E-state index contributed by atoms with van der Waals surface area (Å²) in [5.74, 6) is 0. The number of hydrogen-bond donors (Lipinski definition) is 0. The molecule has 0 amide bonds. The summed E-state index contributed by atoms with van der Waals surface area (Å²) in [6.07, 6.45) is 0. The van der Waals surface area contributed by atoms with Crippen LogP contribution in [0.2, 0.25) is 0 Å². The van der Waals surface area contributed by atoms with Crippen LogP contribution < -0.4 is 4.90 Å². The monoisotopic (exact) mass is 765 g/mol. The minimum absolute atomic E-state index is 0.0157. The first-order valence-electron chi connectivity index (χ1n) is 20.9. The molecule has 0 saturated carbocycles. The van der Waals surface area contributed by atoms with Gasteiger partial charge < -0.3 is 13.9 Å². The summed E-state index contributed by atoms with van der Waals surface area (Å²) in [7, 11) is 0. The van der Waals surface area contributed by atoms with Crippen LogP contribution in [0.5, 0.6) is 0 Å². The lowest BCUT2D eigenvalue weighted by molar-refractivity contribution is 0.660. The maximum absolute atomic E-state index is 2.50. The molecule has 12 aromatic rings. The molecule has 13 rings (SSSR count). The molecule has 0 spiro atoms. The van der Waals surface area contributed by atoms with Gasteiger partial charge >= 0.3 is 0 Å². The lowest BCUT2D eigenvalue weighted by Gasteiger charge is -2.27. The molecular weight excluding hydrogens is 727 g/mol. The van der Waals surface area contributed by atoms with E-state index in [9.17, 15) is 0 Å². The van der Waals surface area contributed by atoms with Gasteiger partial charge in [0.05, 0.1) is 33.3 Å². The van der Waals surface area contributed by atoms with Gasteiger partial charge in [0.2, 0.25) is 0 Å². The summed E-state index contributed by atoms with van der Waals surface area (Å²) in [6, 6.07) is 74.1. The van der Waals surface area contributed by atoms with Crippen LogP contribution in [-0.2, 0) is 5.41 Å². The van der Waals surface area contributed by atoms with Crippen molar-refractivity contribution in [1.82, 2.24) is 8.97 Å². The SMILES string of the molecule is CC1(C)c2ccccc2-c2cc(-c3ccc(N(c4ccc(-n5c6ccccc6c6ccccc65)cc4)c4cccc5c6cccc7c8ccccc8n(c45)c76)cc3)ccc21. The van der Waals surface area contributed by atoms with Crippen LogP contribution in [-0.4, -0.2) is 8.97 Å². The highest BCUT2D eigenvalue weighted by Crippen LogP contribution is 2.50. The first kappa shape index (κ1) is 33.4. The number of nitrogens with zero attached hydrogens (tertiary/aromatic N) is 3. The van der Waals surface area contributed by atoms with Gasteiger partial charge in [-0.15, -0.1) is 0 Å². The lowest BCUT2D eigenvalue weighted by atomic mass is 9.82. The van der Waals surface area contributed by atoms with E-state index < -0.39 is 0 Å². The van der Waals surface area contributed by atoms with Gasteiger partial charge in [-0.2, -0.15) is 0 Å². The maximum atomic E-state index is 2.50. The van der Waals surface area contributed by atoms with Crippen molar-refractivity contribution in [3.8, 4) is 27.9 Å². The Balaban J connectivity index is 1.00. The molecule has 0 saturated heterocycles. The van der Waals surface area contributed by atoms with Gasteiger partial charge in [-0.3, -0.25) is 0 Å². The average Bonchev–Trinajstić information content (AvgIpc) is 4.00. The molecule has 3 heteroatoms. The minimum Gasteiger partial charge on any atom is -0.309 e. The molecule has 0 radical (unpaired) electrons. The molecule has 0 atom stereocenters. The summed E-state index contributed by atoms with van der Waals surface area (Å²) < 4.78 is 4.89. The Morgan fingerprint density at radius 1 is 0.383 bits per heavy atom. The van der Waals surface area contributed by atoms with Crippen LogP contribution in [0, 0.1) is 0 Å². The van der Waals surface area contributed by atoms with Gasteiger partial charge in [0, 0.05) is 54.8 Å². The van der Waals surface area contributed by atoms with E-state index in [4.69, 9.17) is 0 Å². The predicted octanol–water partition coefficient (Wildman–Crippen LogP) is 15.4. The number of anilines is 3. The van der Waals surface area contributed by atoms with Crippen molar-refractivity contribution in [2.75, 3.05) is 4.90 Å². The standard InChI is InChI=1S/C57H39N3/c1-57(2)49-20-7-3-13-41(49)48-35-37(27-34-50(48)57)36-25-28-38(29-26-36)58(39-30-32-40(33-31-39)59-51-21-8-4-14-42(51)43-15-5-9-22-52(43)59)54-24-12-19-47-46-18-11-17-45-44-16-6-10-23-53(44)60(55(45)46)56(47)54/h3-35H,1-2H3. The molecule has 0 unspecified atom stereocenters. The third kappa shape index (κ3) is 4.49. The van der Waals surface area contributed by atoms with Crippen molar-refractivity contribution < 1.29 is 0 Å². The van der Waals surface area contributed by atoms with Gasteiger partial charge in [-0.05, 0) is 100 Å². The first-order valence-corrected chi connectivity index (χ1v) is 20.9. The Morgan fingerprint density at radius 3 is 1.58 bits per heavy atom. The van der Waals surface area contributed by atoms with Crippen molar-refractivity contribution >= 4 is 77.0 Å². The third-order valence-corrected chi connectivity index (χ3v) is 13.5. The molecule has 0 aliphatic heterocycles. The van der Waals surface area contributed by atoms with Gasteiger partial charge in [-0.25, -0.2) is 0 Å². The second kappa shape index (κ2) is 12.2. The fourth-order valence-electron chi connectivity index (χ4n) is 10.7. The zero-order valence-corrected chi connectivity index (χ0v) is 33.4. The van der Waals surface area contributed by atoms with Crippen molar-refractivity contribution in [2.45, 2.75) is 19.3 Å². The number of benzene rings is 9. The summed E-state index contributed by atoms with van der Waals surface area (Å²) >= 11 is 0. The largest absolute Gasteiger partial charge is 0.309 e. The predicted molar refractivity (Wildman–Crippen MR) is 253 cm³/mol. The molecule has 3 nitrogen and oxygen atoms in total. The van der Waals surface area contributed by atoms with E-state index >= 15 is 0 Å². The molecule has 0 fully saturated rings. The fourth-order valence-corrected chi connectivity index (χ4v) is 10.7. The fraction of sp³-hybridized carbons (Fsp3) is 0.0526. The summed E-state index contributed by atoms with van der Waals surface area (Å²) in [4.78, 5) is 2.45. The summed E-state index contributed by atoms with van der Waals surface area (Å²) in [5, 5.41) is 7.63. The second-order valence-corrected chi connectivity index (χ2v) is 16.9. The van der Waals surface area contributed by atoms with Gasteiger partial charge in [-0.1, -0.05) is 147 Å². The van der Waals surface area contributed by atoms with Gasteiger partial charge in [0.1, 0.15) is 0 Å². The Bertz CT molecular complexity index is 3620. The molecule has 0 bridgehead atoms. The van der Waals surface area contributed by atoms with Crippen LogP contribution in [0.25, 0.3) is 87.8 Å². The van der Waals surface area contributed by atoms with Crippen LogP contribution in [0.4, 0.5) is 17.1 Å². The van der Waals surface area contributed by atoms with Crippen LogP contribution in [0.3, 0.4) is 0 Å². The number of fused-ring (bicyclic) bond motifs is 12. The molecule has 3 aromatic heterocycles. The highest BCUT2D eigenvalue weighted by atomic mass is 15.2. The summed E-state index contributed by atoms with van der Waals surface area (Å²) in [5.41, 5.74) is 18.5. The molecule has 0 N–H and O–H groups in total. The van der Waals surface area contributed by atoms with E-state index in [0.29, 0.717) is 0 Å². The van der Waals surface area contributed by atoms with Crippen LogP contribution >= 0.6 is 0 Å². The van der Waals surface area contributed by atoms with Gasteiger partial charge in [0.25, 0.3) is 0 Å². The number of para-hydroxylation sites is 5. The van der Waals surface area contributed by atoms with E-state index in [1.807, 2.05) is 0 Å². The van der Waals surface area contributed by atoms with Crippen LogP contribution in [0.1, 0.15) is 25.0 Å². The highest BCUT2D eigenvalue weighted by Gasteiger charge is 2.35. The number of hydrogen-bond acceptors (Lipinski definition) is 1. The Hall–Kier alpha value is -7.62. The van der Waals surface area contributed by atoms with E-state index in [0.717, 1.165) is 22.7 Å². The van der Waals surface area contributed by atoms with E-state index in [1.54, 1.807) is 0 Å². The van der Waals surface area contributed by atoms with E-state index in [-0.39, 0.29) is 5.41 Å². The van der Waals surface area contributed by atoms with E-state index in [2.05, 4.69) is 228 Å². The maximum Gasteiger partial charge on any atom is 0.0782 e. The Labute approximate surface area is 347 Å². The highest BCUT2D eigenvalue weighted by molar-refractivity contribution is 6.25. The molecular formula is C57H39N3. The normalized spacial score (nSPS) is 13.3. The molecule has 1 aliphatic rings. The second-order valence-electron chi connectivity index (χ2n) is 16.9. The molecule has 9 aromatic carbocycles. The Kier molecular flexibility index (Phi) is 6.78. The van der Waals surface area contributed by atoms with Gasteiger partial charge in [0.15, 0.2) is 0 Å². The van der Waals surface area contributed by atoms with Crippen molar-refractivity contribution in [3.63, 3.8) is 0 Å². The zero-order chi connectivity index (χ0) is 39.7. The smallest absolute Gasteiger partial charge is 0.0782 e. The topological polar surface area (TPSA) is 12.6 Å². The quantitative estimate of drug-likeness (QED) is 0.170. The van der Waals surface area contributed by atoms with Crippen molar-refractivity contribution in [1.29, 1.82) is 0 Å². The zero-order valence-electron chi connectivity index (χ0n) is 33.4. The van der Waals surface area contributed by atoms with Crippen LogP contribution in [0.15, 0.2) is 200 Å². The van der Waals surface area contributed by atoms with Crippen molar-refractivity contribution in [2.24, 2.45) is 0 Å². The molecule has 1 aliphatic carbocycles. The minimum atomic E-state index is -0.0157. The van der Waals surface area contributed by atoms with Crippen molar-refractivity contribution in [3.05, 3.63) is 211 Å². The number of rotatable bonds is 5. The molecule has 3 heterocycles. The van der Waals surface area contributed by atoms with E-state index in [1.165, 1.54) is 93.3 Å². The summed E-state index contributed by atoms with van der Waals surface area (Å²) in [6.45, 7) is 4.69. The first-order chi connectivity index (χ1) is 29.5. The third-order valence-electron chi connectivity index (χ3n) is 13.5. The number of aromatic nitrogens is 2.